The minimum absolute atomic E-state index is 0.0875. The van der Waals surface area contributed by atoms with Gasteiger partial charge in [-0.05, 0) is 6.42 Å². The fourth-order valence-electron chi connectivity index (χ4n) is 1.40. The number of likely N-dealkylation sites (N-methyl/N-ethyl adjacent to an activating group) is 1. The summed E-state index contributed by atoms with van der Waals surface area (Å²) in [6.07, 6.45) is 0.735. The van der Waals surface area contributed by atoms with Crippen molar-refractivity contribution in [1.82, 2.24) is 10.2 Å². The van der Waals surface area contributed by atoms with Crippen LogP contribution in [0, 0.1) is 0 Å². The predicted octanol–water partition coefficient (Wildman–Crippen LogP) is -0.665. The van der Waals surface area contributed by atoms with Gasteiger partial charge in [-0.25, -0.2) is 0 Å². The van der Waals surface area contributed by atoms with Crippen LogP contribution in [0.5, 0.6) is 0 Å². The molecule has 100 valence electrons. The van der Waals surface area contributed by atoms with E-state index in [0.717, 1.165) is 6.42 Å². The van der Waals surface area contributed by atoms with Crippen LogP contribution < -0.4 is 11.1 Å². The van der Waals surface area contributed by atoms with E-state index in [1.165, 1.54) is 12.0 Å². The van der Waals surface area contributed by atoms with E-state index in [-0.39, 0.29) is 30.9 Å². The van der Waals surface area contributed by atoms with E-state index in [1.807, 2.05) is 6.92 Å². The summed E-state index contributed by atoms with van der Waals surface area (Å²) >= 11 is 0. The fourth-order valence-corrected chi connectivity index (χ4v) is 1.40. The Balaban J connectivity index is 4.37. The molecule has 0 aromatic rings. The molecule has 0 heterocycles. The summed E-state index contributed by atoms with van der Waals surface area (Å²) in [5, 5.41) is 2.50. The average molecular weight is 245 g/mol. The van der Waals surface area contributed by atoms with Crippen molar-refractivity contribution >= 4 is 11.8 Å². The maximum absolute atomic E-state index is 11.9. The minimum atomic E-state index is -0.286. The number of hydrogen-bond acceptors (Lipinski definition) is 4. The van der Waals surface area contributed by atoms with Crippen LogP contribution in [0.25, 0.3) is 0 Å². The molecule has 0 aliphatic rings. The monoisotopic (exact) mass is 245 g/mol. The molecule has 1 unspecified atom stereocenters. The van der Waals surface area contributed by atoms with Gasteiger partial charge in [-0.3, -0.25) is 9.59 Å². The third kappa shape index (κ3) is 6.23. The Bertz CT molecular complexity index is 242. The van der Waals surface area contributed by atoms with E-state index >= 15 is 0 Å². The molecule has 0 saturated heterocycles. The minimum Gasteiger partial charge on any atom is -0.380 e. The van der Waals surface area contributed by atoms with Crippen molar-refractivity contribution in [1.29, 1.82) is 0 Å². The number of methoxy groups -OCH3 is 1. The zero-order valence-electron chi connectivity index (χ0n) is 10.9. The molecule has 0 aromatic heterocycles. The molecule has 0 rings (SSSR count). The number of nitrogens with one attached hydrogen (secondary N) is 1. The van der Waals surface area contributed by atoms with E-state index in [2.05, 4.69) is 5.32 Å². The Labute approximate surface area is 102 Å². The molecule has 0 aliphatic heterocycles. The van der Waals surface area contributed by atoms with Crippen molar-refractivity contribution < 1.29 is 14.3 Å². The molecule has 2 amide bonds. The molecule has 0 saturated carbocycles. The highest BCUT2D eigenvalue weighted by Crippen LogP contribution is 2.02. The van der Waals surface area contributed by atoms with E-state index in [4.69, 9.17) is 10.5 Å². The molecule has 0 fully saturated rings. The topological polar surface area (TPSA) is 84.7 Å². The van der Waals surface area contributed by atoms with Gasteiger partial charge in [-0.1, -0.05) is 6.92 Å². The maximum atomic E-state index is 11.9. The van der Waals surface area contributed by atoms with Crippen molar-refractivity contribution in [2.45, 2.75) is 25.9 Å². The van der Waals surface area contributed by atoms with Gasteiger partial charge in [0.15, 0.2) is 0 Å². The summed E-state index contributed by atoms with van der Waals surface area (Å²) in [6.45, 7) is 2.90. The molecule has 0 aromatic carbocycles. The van der Waals surface area contributed by atoms with Gasteiger partial charge in [-0.2, -0.15) is 0 Å². The summed E-state index contributed by atoms with van der Waals surface area (Å²) in [5.74, 6) is -0.277. The van der Waals surface area contributed by atoms with Crippen molar-refractivity contribution in [3.8, 4) is 0 Å². The molecule has 6 heteroatoms. The number of hydrogen-bond donors (Lipinski definition) is 2. The van der Waals surface area contributed by atoms with Crippen molar-refractivity contribution in [2.24, 2.45) is 5.73 Å². The van der Waals surface area contributed by atoms with Crippen LogP contribution in [0.2, 0.25) is 0 Å². The molecular weight excluding hydrogens is 222 g/mol. The molecule has 0 bridgehead atoms. The molecule has 17 heavy (non-hydrogen) atoms. The van der Waals surface area contributed by atoms with E-state index in [1.54, 1.807) is 7.05 Å². The number of nitrogens with zero attached hydrogens (tertiary/aromatic N) is 1. The number of rotatable bonds is 8. The van der Waals surface area contributed by atoms with Gasteiger partial charge in [0.25, 0.3) is 0 Å². The molecule has 1 atom stereocenters. The number of carbonyl (C=O) groups excluding carboxylic acids is 2. The van der Waals surface area contributed by atoms with Crippen LogP contribution in [-0.4, -0.2) is 56.6 Å². The Kier molecular flexibility index (Phi) is 8.35. The number of amides is 2. The number of carbonyl (C=O) groups is 2. The molecular formula is C11H23N3O3. The van der Waals surface area contributed by atoms with Gasteiger partial charge in [0.2, 0.25) is 11.8 Å². The van der Waals surface area contributed by atoms with Gasteiger partial charge in [0, 0.05) is 27.2 Å². The number of nitrogens with two attached hydrogens (primary N) is 1. The van der Waals surface area contributed by atoms with Crippen LogP contribution in [0.15, 0.2) is 0 Å². The first-order valence-corrected chi connectivity index (χ1v) is 5.80. The van der Waals surface area contributed by atoms with Crippen molar-refractivity contribution in [2.75, 3.05) is 33.8 Å². The van der Waals surface area contributed by atoms with Crippen LogP contribution in [0.4, 0.5) is 0 Å². The van der Waals surface area contributed by atoms with Crippen LogP contribution in [0.3, 0.4) is 0 Å². The second kappa shape index (κ2) is 8.95. The summed E-state index contributed by atoms with van der Waals surface area (Å²) in [6, 6.07) is 0. The van der Waals surface area contributed by atoms with E-state index in [0.29, 0.717) is 13.1 Å². The van der Waals surface area contributed by atoms with Crippen molar-refractivity contribution in [3.63, 3.8) is 0 Å². The van der Waals surface area contributed by atoms with Crippen LogP contribution in [0.1, 0.15) is 19.8 Å². The first kappa shape index (κ1) is 15.9. The lowest BCUT2D eigenvalue weighted by atomic mass is 10.2. The first-order valence-electron chi connectivity index (χ1n) is 5.80. The molecule has 0 aliphatic carbocycles. The van der Waals surface area contributed by atoms with Gasteiger partial charge in [-0.15, -0.1) is 0 Å². The molecule has 3 N–H and O–H groups in total. The zero-order valence-corrected chi connectivity index (χ0v) is 10.9. The Hall–Kier alpha value is -1.14. The SMILES string of the molecule is CCCN(CC(=O)NC)C(=O)CC(CN)OC. The predicted molar refractivity (Wildman–Crippen MR) is 65.4 cm³/mol. The lowest BCUT2D eigenvalue weighted by molar-refractivity contribution is -0.137. The van der Waals surface area contributed by atoms with Crippen LogP contribution >= 0.6 is 0 Å². The van der Waals surface area contributed by atoms with Crippen molar-refractivity contribution in [3.05, 3.63) is 0 Å². The quantitative estimate of drug-likeness (QED) is 0.594. The second-order valence-corrected chi connectivity index (χ2v) is 3.79. The highest BCUT2D eigenvalue weighted by atomic mass is 16.5. The lowest BCUT2D eigenvalue weighted by Crippen LogP contribution is -2.42. The smallest absolute Gasteiger partial charge is 0.239 e. The average Bonchev–Trinajstić information content (AvgIpc) is 2.34. The highest BCUT2D eigenvalue weighted by molar-refractivity contribution is 5.84. The van der Waals surface area contributed by atoms with Gasteiger partial charge in [0.1, 0.15) is 0 Å². The number of ether oxygens (including phenoxy) is 1. The lowest BCUT2D eigenvalue weighted by Gasteiger charge is -2.23. The molecule has 0 radical (unpaired) electrons. The molecule has 0 spiro atoms. The summed E-state index contributed by atoms with van der Waals surface area (Å²) < 4.78 is 5.06. The summed E-state index contributed by atoms with van der Waals surface area (Å²) in [5.41, 5.74) is 5.46. The largest absolute Gasteiger partial charge is 0.380 e. The highest BCUT2D eigenvalue weighted by Gasteiger charge is 2.19. The normalized spacial score (nSPS) is 12.0. The van der Waals surface area contributed by atoms with Gasteiger partial charge in [0.05, 0.1) is 19.1 Å². The Morgan fingerprint density at radius 3 is 2.53 bits per heavy atom. The summed E-state index contributed by atoms with van der Waals surface area (Å²) in [7, 11) is 3.07. The maximum Gasteiger partial charge on any atom is 0.239 e. The summed E-state index contributed by atoms with van der Waals surface area (Å²) in [4.78, 5) is 24.7. The second-order valence-electron chi connectivity index (χ2n) is 3.79. The van der Waals surface area contributed by atoms with Gasteiger partial charge < -0.3 is 20.7 Å². The Morgan fingerprint density at radius 1 is 1.47 bits per heavy atom. The first-order chi connectivity index (χ1) is 8.08. The van der Waals surface area contributed by atoms with Crippen LogP contribution in [-0.2, 0) is 14.3 Å². The molecule has 6 nitrogen and oxygen atoms in total. The zero-order chi connectivity index (χ0) is 13.3. The van der Waals surface area contributed by atoms with Gasteiger partial charge >= 0.3 is 0 Å². The third-order valence-electron chi connectivity index (χ3n) is 2.46. The third-order valence-corrected chi connectivity index (χ3v) is 2.46. The van der Waals surface area contributed by atoms with E-state index in [9.17, 15) is 9.59 Å². The van der Waals surface area contributed by atoms with E-state index < -0.39 is 0 Å². The Morgan fingerprint density at radius 2 is 2.12 bits per heavy atom. The fraction of sp³-hybridized carbons (Fsp3) is 0.818. The standard InChI is InChI=1S/C11H23N3O3/c1-4-5-14(8-10(15)13-2)11(16)6-9(7-12)17-3/h9H,4-8,12H2,1-3H3,(H,13,15).